The van der Waals surface area contributed by atoms with Gasteiger partial charge in [-0.3, -0.25) is 4.79 Å². The standard InChI is InChI=1S/C26H27FN4O/c27-21-9-7-20(8-10-21)23-17-24(23)25(32)30-15-11-19(12-16-30)18-31(22-5-2-1-3-6-22)26-28-13-4-14-29-26/h1-10,13-14,19,23-24H,11-12,15-18H2. The summed E-state index contributed by atoms with van der Waals surface area (Å²) in [5.74, 6) is 1.49. The molecule has 5 nitrogen and oxygen atoms in total. The maximum atomic E-state index is 13.2. The number of benzene rings is 2. The second kappa shape index (κ2) is 9.07. The number of nitrogens with zero attached hydrogens (tertiary/aromatic N) is 4. The van der Waals surface area contributed by atoms with Crippen LogP contribution >= 0.6 is 0 Å². The van der Waals surface area contributed by atoms with E-state index in [4.69, 9.17) is 0 Å². The molecule has 32 heavy (non-hydrogen) atoms. The summed E-state index contributed by atoms with van der Waals surface area (Å²) >= 11 is 0. The minimum absolute atomic E-state index is 0.0514. The van der Waals surface area contributed by atoms with Gasteiger partial charge in [-0.2, -0.15) is 0 Å². The van der Waals surface area contributed by atoms with Gasteiger partial charge >= 0.3 is 0 Å². The van der Waals surface area contributed by atoms with Crippen molar-refractivity contribution in [1.82, 2.24) is 14.9 Å². The topological polar surface area (TPSA) is 49.3 Å². The molecule has 2 heterocycles. The van der Waals surface area contributed by atoms with Crippen molar-refractivity contribution < 1.29 is 9.18 Å². The van der Waals surface area contributed by atoms with E-state index in [-0.39, 0.29) is 23.6 Å². The number of hydrogen-bond acceptors (Lipinski definition) is 4. The molecule has 0 radical (unpaired) electrons. The summed E-state index contributed by atoms with van der Waals surface area (Å²) in [6.45, 7) is 2.40. The summed E-state index contributed by atoms with van der Waals surface area (Å²) in [6, 6.07) is 18.6. The van der Waals surface area contributed by atoms with Gasteiger partial charge in [-0.25, -0.2) is 14.4 Å². The summed E-state index contributed by atoms with van der Waals surface area (Å²) in [5.41, 5.74) is 2.15. The summed E-state index contributed by atoms with van der Waals surface area (Å²) in [7, 11) is 0. The van der Waals surface area contributed by atoms with Crippen molar-refractivity contribution in [1.29, 1.82) is 0 Å². The van der Waals surface area contributed by atoms with E-state index in [0.717, 1.165) is 50.1 Å². The van der Waals surface area contributed by atoms with E-state index in [0.29, 0.717) is 11.9 Å². The molecule has 1 aromatic heterocycles. The SMILES string of the molecule is O=C(C1CC1c1ccc(F)cc1)N1CCC(CN(c2ccccc2)c2ncccn2)CC1. The first-order chi connectivity index (χ1) is 15.7. The summed E-state index contributed by atoms with van der Waals surface area (Å²) in [6.07, 6.45) is 6.35. The fourth-order valence-electron chi connectivity index (χ4n) is 4.72. The maximum Gasteiger partial charge on any atom is 0.229 e. The number of halogens is 1. The van der Waals surface area contributed by atoms with Gasteiger partial charge in [0, 0.05) is 43.6 Å². The fraction of sp³-hybridized carbons (Fsp3) is 0.346. The molecule has 6 heteroatoms. The normalized spacial score (nSPS) is 20.7. The summed E-state index contributed by atoms with van der Waals surface area (Å²) in [4.78, 5) is 26.1. The lowest BCUT2D eigenvalue weighted by Gasteiger charge is -2.35. The molecule has 1 aliphatic heterocycles. The molecular formula is C26H27FN4O. The Balaban J connectivity index is 1.19. The average molecular weight is 431 g/mol. The molecule has 2 unspecified atom stereocenters. The lowest BCUT2D eigenvalue weighted by atomic mass is 9.95. The molecular weight excluding hydrogens is 403 g/mol. The van der Waals surface area contributed by atoms with Gasteiger partial charge in [0.25, 0.3) is 0 Å². The molecule has 164 valence electrons. The first-order valence-electron chi connectivity index (χ1n) is 11.3. The Morgan fingerprint density at radius 1 is 0.969 bits per heavy atom. The van der Waals surface area contributed by atoms with Crippen molar-refractivity contribution in [2.24, 2.45) is 11.8 Å². The maximum absolute atomic E-state index is 13.2. The van der Waals surface area contributed by atoms with Gasteiger partial charge in [0.2, 0.25) is 11.9 Å². The molecule has 2 aromatic carbocycles. The molecule has 1 saturated carbocycles. The van der Waals surface area contributed by atoms with Crippen LogP contribution in [0.25, 0.3) is 0 Å². The third-order valence-electron chi connectivity index (χ3n) is 6.63. The number of para-hydroxylation sites is 1. The zero-order valence-electron chi connectivity index (χ0n) is 18.0. The number of likely N-dealkylation sites (tertiary alicyclic amines) is 1. The molecule has 2 aliphatic rings. The molecule has 0 bridgehead atoms. The van der Waals surface area contributed by atoms with Crippen molar-refractivity contribution in [3.8, 4) is 0 Å². The lowest BCUT2D eigenvalue weighted by molar-refractivity contribution is -0.134. The number of carbonyl (C=O) groups excluding carboxylic acids is 1. The fourth-order valence-corrected chi connectivity index (χ4v) is 4.72. The Kier molecular flexibility index (Phi) is 5.84. The third kappa shape index (κ3) is 4.49. The van der Waals surface area contributed by atoms with Gasteiger partial charge in [0.05, 0.1) is 0 Å². The Morgan fingerprint density at radius 3 is 2.34 bits per heavy atom. The largest absolute Gasteiger partial charge is 0.342 e. The first-order valence-corrected chi connectivity index (χ1v) is 11.3. The highest BCUT2D eigenvalue weighted by molar-refractivity contribution is 5.83. The zero-order chi connectivity index (χ0) is 21.9. The number of hydrogen-bond donors (Lipinski definition) is 0. The molecule has 1 aliphatic carbocycles. The number of aromatic nitrogens is 2. The van der Waals surface area contributed by atoms with E-state index >= 15 is 0 Å². The molecule has 2 atom stereocenters. The second-order valence-corrected chi connectivity index (χ2v) is 8.76. The van der Waals surface area contributed by atoms with E-state index in [2.05, 4.69) is 27.0 Å². The molecule has 1 amide bonds. The summed E-state index contributed by atoms with van der Waals surface area (Å²) in [5, 5.41) is 0. The molecule has 2 fully saturated rings. The van der Waals surface area contributed by atoms with Gasteiger partial charge in [0.1, 0.15) is 5.82 Å². The van der Waals surface area contributed by atoms with Crippen molar-refractivity contribution in [3.05, 3.63) is 84.4 Å². The Morgan fingerprint density at radius 2 is 1.66 bits per heavy atom. The quantitative estimate of drug-likeness (QED) is 0.564. The Bertz CT molecular complexity index is 997. The number of rotatable bonds is 6. The highest BCUT2D eigenvalue weighted by Crippen LogP contribution is 2.48. The van der Waals surface area contributed by atoms with Crippen LogP contribution in [0, 0.1) is 17.7 Å². The van der Waals surface area contributed by atoms with Gasteiger partial charge in [-0.05, 0) is 67.0 Å². The zero-order valence-corrected chi connectivity index (χ0v) is 18.0. The van der Waals surface area contributed by atoms with Gasteiger partial charge in [0.15, 0.2) is 0 Å². The predicted octanol–water partition coefficient (Wildman–Crippen LogP) is 4.80. The van der Waals surface area contributed by atoms with Gasteiger partial charge in [-0.1, -0.05) is 30.3 Å². The van der Waals surface area contributed by atoms with Crippen LogP contribution in [0.4, 0.5) is 16.0 Å². The van der Waals surface area contributed by atoms with E-state index in [1.807, 2.05) is 41.3 Å². The third-order valence-corrected chi connectivity index (χ3v) is 6.63. The van der Waals surface area contributed by atoms with Crippen LogP contribution in [-0.4, -0.2) is 40.4 Å². The van der Waals surface area contributed by atoms with Crippen molar-refractivity contribution in [3.63, 3.8) is 0 Å². The average Bonchev–Trinajstić information content (AvgIpc) is 3.65. The van der Waals surface area contributed by atoms with Crippen LogP contribution < -0.4 is 4.90 Å². The van der Waals surface area contributed by atoms with Crippen LogP contribution in [0.2, 0.25) is 0 Å². The predicted molar refractivity (Wildman–Crippen MR) is 122 cm³/mol. The number of carbonyl (C=O) groups is 1. The smallest absolute Gasteiger partial charge is 0.229 e. The summed E-state index contributed by atoms with van der Waals surface area (Å²) < 4.78 is 13.2. The van der Waals surface area contributed by atoms with E-state index in [1.165, 1.54) is 12.1 Å². The van der Waals surface area contributed by atoms with Gasteiger partial charge in [-0.15, -0.1) is 0 Å². The Hall–Kier alpha value is -3.28. The van der Waals surface area contributed by atoms with Crippen molar-refractivity contribution >= 4 is 17.5 Å². The molecule has 3 aromatic rings. The number of amides is 1. The number of piperidine rings is 1. The number of anilines is 2. The van der Waals surface area contributed by atoms with Gasteiger partial charge < -0.3 is 9.80 Å². The highest BCUT2D eigenvalue weighted by atomic mass is 19.1. The molecule has 1 saturated heterocycles. The van der Waals surface area contributed by atoms with Crippen LogP contribution in [-0.2, 0) is 4.79 Å². The minimum Gasteiger partial charge on any atom is -0.342 e. The van der Waals surface area contributed by atoms with E-state index in [9.17, 15) is 9.18 Å². The van der Waals surface area contributed by atoms with Crippen molar-refractivity contribution in [2.75, 3.05) is 24.5 Å². The first kappa shape index (κ1) is 20.6. The minimum atomic E-state index is -0.232. The van der Waals surface area contributed by atoms with E-state index in [1.54, 1.807) is 12.4 Å². The Labute approximate surface area is 187 Å². The molecule has 0 N–H and O–H groups in total. The van der Waals surface area contributed by atoms with E-state index < -0.39 is 0 Å². The monoisotopic (exact) mass is 430 g/mol. The lowest BCUT2D eigenvalue weighted by Crippen LogP contribution is -2.42. The van der Waals surface area contributed by atoms with Crippen molar-refractivity contribution in [2.45, 2.75) is 25.2 Å². The molecule has 0 spiro atoms. The highest BCUT2D eigenvalue weighted by Gasteiger charge is 2.46. The van der Waals surface area contributed by atoms with Crippen LogP contribution in [0.1, 0.15) is 30.7 Å². The molecule has 5 rings (SSSR count). The van der Waals surface area contributed by atoms with Crippen LogP contribution in [0.3, 0.4) is 0 Å². The second-order valence-electron chi connectivity index (χ2n) is 8.76. The van der Waals surface area contributed by atoms with Crippen LogP contribution in [0.5, 0.6) is 0 Å². The van der Waals surface area contributed by atoms with Crippen LogP contribution in [0.15, 0.2) is 73.1 Å².